The highest BCUT2D eigenvalue weighted by molar-refractivity contribution is 9.10. The van der Waals surface area contributed by atoms with Crippen LogP contribution in [0.15, 0.2) is 34.8 Å². The SMILES string of the molecule is CC(N)Cc1cc(Cl)ccc1Oc1cc(Br)cc(F)c1F. The molecule has 0 fully saturated rings. The summed E-state index contributed by atoms with van der Waals surface area (Å²) in [4.78, 5) is 0. The van der Waals surface area contributed by atoms with Gasteiger partial charge in [0.25, 0.3) is 0 Å². The van der Waals surface area contributed by atoms with Gasteiger partial charge in [0.1, 0.15) is 5.75 Å². The zero-order chi connectivity index (χ0) is 15.6. The molecule has 2 N–H and O–H groups in total. The number of halogens is 4. The Kier molecular flexibility index (Phi) is 5.19. The number of hydrogen-bond donors (Lipinski definition) is 1. The minimum atomic E-state index is -1.04. The highest BCUT2D eigenvalue weighted by Crippen LogP contribution is 2.33. The van der Waals surface area contributed by atoms with Gasteiger partial charge in [-0.1, -0.05) is 27.5 Å². The summed E-state index contributed by atoms with van der Waals surface area (Å²) in [5.41, 5.74) is 6.51. The third-order valence-electron chi connectivity index (χ3n) is 2.74. The molecule has 0 saturated heterocycles. The van der Waals surface area contributed by atoms with Gasteiger partial charge in [0.2, 0.25) is 5.82 Å². The third-order valence-corrected chi connectivity index (χ3v) is 3.44. The topological polar surface area (TPSA) is 35.2 Å². The van der Waals surface area contributed by atoms with Crippen LogP contribution in [0.4, 0.5) is 8.78 Å². The smallest absolute Gasteiger partial charge is 0.201 e. The molecule has 0 saturated carbocycles. The largest absolute Gasteiger partial charge is 0.454 e. The van der Waals surface area contributed by atoms with Crippen LogP contribution in [0.1, 0.15) is 12.5 Å². The quantitative estimate of drug-likeness (QED) is 0.757. The van der Waals surface area contributed by atoms with Gasteiger partial charge in [-0.2, -0.15) is 4.39 Å². The van der Waals surface area contributed by atoms with Gasteiger partial charge in [-0.3, -0.25) is 0 Å². The summed E-state index contributed by atoms with van der Waals surface area (Å²) in [6.07, 6.45) is 0.508. The molecule has 0 aromatic heterocycles. The Balaban J connectivity index is 2.40. The average Bonchev–Trinajstić information content (AvgIpc) is 2.37. The number of rotatable bonds is 4. The lowest BCUT2D eigenvalue weighted by atomic mass is 10.1. The lowest BCUT2D eigenvalue weighted by Gasteiger charge is -2.14. The molecule has 0 aliphatic rings. The van der Waals surface area contributed by atoms with Crippen LogP contribution in [0, 0.1) is 11.6 Å². The van der Waals surface area contributed by atoms with E-state index in [-0.39, 0.29) is 11.8 Å². The Morgan fingerprint density at radius 1 is 1.24 bits per heavy atom. The molecule has 21 heavy (non-hydrogen) atoms. The summed E-state index contributed by atoms with van der Waals surface area (Å²) in [6.45, 7) is 1.84. The number of benzene rings is 2. The van der Waals surface area contributed by atoms with Gasteiger partial charge in [-0.05, 0) is 49.2 Å². The maximum Gasteiger partial charge on any atom is 0.201 e. The molecule has 0 radical (unpaired) electrons. The standard InChI is InChI=1S/C15H13BrClF2NO/c1-8(20)4-9-5-11(17)2-3-13(9)21-14-7-10(16)6-12(18)15(14)19/h2-3,5-8H,4,20H2,1H3. The predicted molar refractivity (Wildman–Crippen MR) is 82.9 cm³/mol. The second-order valence-corrected chi connectivity index (χ2v) is 6.09. The number of ether oxygens (including phenoxy) is 1. The molecule has 2 rings (SSSR count). The van der Waals surface area contributed by atoms with Crippen molar-refractivity contribution in [1.82, 2.24) is 0 Å². The van der Waals surface area contributed by atoms with Gasteiger partial charge in [-0.25, -0.2) is 4.39 Å². The van der Waals surface area contributed by atoms with E-state index in [9.17, 15) is 8.78 Å². The van der Waals surface area contributed by atoms with Crippen molar-refractivity contribution < 1.29 is 13.5 Å². The van der Waals surface area contributed by atoms with Crippen LogP contribution in [0.2, 0.25) is 5.02 Å². The molecule has 1 unspecified atom stereocenters. The number of hydrogen-bond acceptors (Lipinski definition) is 2. The fourth-order valence-electron chi connectivity index (χ4n) is 1.88. The average molecular weight is 377 g/mol. The van der Waals surface area contributed by atoms with Gasteiger partial charge >= 0.3 is 0 Å². The van der Waals surface area contributed by atoms with Crippen LogP contribution in [0.5, 0.6) is 11.5 Å². The Bertz CT molecular complexity index is 664. The highest BCUT2D eigenvalue weighted by atomic mass is 79.9. The Morgan fingerprint density at radius 2 is 1.95 bits per heavy atom. The first-order valence-corrected chi connectivity index (χ1v) is 7.40. The second-order valence-electron chi connectivity index (χ2n) is 4.74. The molecule has 0 aliphatic heterocycles. The first kappa shape index (κ1) is 16.2. The molecule has 1 atom stereocenters. The lowest BCUT2D eigenvalue weighted by molar-refractivity contribution is 0.411. The summed E-state index contributed by atoms with van der Waals surface area (Å²) in [5.74, 6) is -1.83. The van der Waals surface area contributed by atoms with Crippen LogP contribution in [-0.4, -0.2) is 6.04 Å². The summed E-state index contributed by atoms with van der Waals surface area (Å²) < 4.78 is 33.0. The fourth-order valence-corrected chi connectivity index (χ4v) is 2.48. The van der Waals surface area contributed by atoms with E-state index in [0.717, 1.165) is 11.6 Å². The van der Waals surface area contributed by atoms with Crippen molar-refractivity contribution >= 4 is 27.5 Å². The van der Waals surface area contributed by atoms with E-state index in [1.54, 1.807) is 18.2 Å². The first-order chi connectivity index (χ1) is 9.86. The van der Waals surface area contributed by atoms with Crippen molar-refractivity contribution in [2.45, 2.75) is 19.4 Å². The third kappa shape index (κ3) is 4.15. The van der Waals surface area contributed by atoms with Gasteiger partial charge in [0.15, 0.2) is 11.6 Å². The molecule has 6 heteroatoms. The molecule has 2 aromatic rings. The van der Waals surface area contributed by atoms with E-state index in [0.29, 0.717) is 21.7 Å². The second kappa shape index (κ2) is 6.73. The van der Waals surface area contributed by atoms with Crippen molar-refractivity contribution in [3.8, 4) is 11.5 Å². The first-order valence-electron chi connectivity index (χ1n) is 6.23. The zero-order valence-corrected chi connectivity index (χ0v) is 13.5. The summed E-state index contributed by atoms with van der Waals surface area (Å²) in [7, 11) is 0. The lowest BCUT2D eigenvalue weighted by Crippen LogP contribution is -2.18. The molecule has 0 spiro atoms. The number of nitrogens with two attached hydrogens (primary N) is 1. The molecule has 2 aromatic carbocycles. The van der Waals surface area contributed by atoms with E-state index in [2.05, 4.69) is 15.9 Å². The minimum Gasteiger partial charge on any atom is -0.454 e. The van der Waals surface area contributed by atoms with Gasteiger partial charge in [0, 0.05) is 15.5 Å². The maximum atomic E-state index is 13.8. The Labute approximate surface area is 135 Å². The van der Waals surface area contributed by atoms with E-state index < -0.39 is 11.6 Å². The van der Waals surface area contributed by atoms with E-state index in [4.69, 9.17) is 22.1 Å². The van der Waals surface area contributed by atoms with Crippen LogP contribution < -0.4 is 10.5 Å². The fraction of sp³-hybridized carbons (Fsp3) is 0.200. The Hall–Kier alpha value is -1.17. The molecule has 0 heterocycles. The van der Waals surface area contributed by atoms with Gasteiger partial charge in [0.05, 0.1) is 0 Å². The molecule has 0 amide bonds. The van der Waals surface area contributed by atoms with Crippen molar-refractivity contribution in [3.05, 3.63) is 57.0 Å². The molecule has 0 bridgehead atoms. The molecule has 112 valence electrons. The van der Waals surface area contributed by atoms with E-state index >= 15 is 0 Å². The Morgan fingerprint density at radius 3 is 2.62 bits per heavy atom. The minimum absolute atomic E-state index is 0.116. The predicted octanol–water partition coefficient (Wildman–Crippen LogP) is 5.06. The molecule has 0 aliphatic carbocycles. The van der Waals surface area contributed by atoms with Gasteiger partial charge < -0.3 is 10.5 Å². The van der Waals surface area contributed by atoms with Crippen molar-refractivity contribution in [2.75, 3.05) is 0 Å². The maximum absolute atomic E-state index is 13.8. The van der Waals surface area contributed by atoms with Gasteiger partial charge in [-0.15, -0.1) is 0 Å². The summed E-state index contributed by atoms with van der Waals surface area (Å²) >= 11 is 9.05. The highest BCUT2D eigenvalue weighted by Gasteiger charge is 2.15. The van der Waals surface area contributed by atoms with Crippen molar-refractivity contribution in [3.63, 3.8) is 0 Å². The molecule has 2 nitrogen and oxygen atoms in total. The van der Waals surface area contributed by atoms with Crippen molar-refractivity contribution in [1.29, 1.82) is 0 Å². The van der Waals surface area contributed by atoms with Crippen LogP contribution >= 0.6 is 27.5 Å². The zero-order valence-electron chi connectivity index (χ0n) is 11.2. The summed E-state index contributed by atoms with van der Waals surface area (Å²) in [6, 6.07) is 7.21. The van der Waals surface area contributed by atoms with Crippen LogP contribution in [0.25, 0.3) is 0 Å². The van der Waals surface area contributed by atoms with Crippen LogP contribution in [-0.2, 0) is 6.42 Å². The molecular formula is C15H13BrClF2NO. The normalized spacial score (nSPS) is 12.3. The molecular weight excluding hydrogens is 364 g/mol. The monoisotopic (exact) mass is 375 g/mol. The van der Waals surface area contributed by atoms with E-state index in [1.165, 1.54) is 6.07 Å². The van der Waals surface area contributed by atoms with Crippen molar-refractivity contribution in [2.24, 2.45) is 5.73 Å². The van der Waals surface area contributed by atoms with Crippen LogP contribution in [0.3, 0.4) is 0 Å². The van der Waals surface area contributed by atoms with E-state index in [1.807, 2.05) is 6.92 Å². The summed E-state index contributed by atoms with van der Waals surface area (Å²) in [5, 5.41) is 0.527.